The number of nitrogens with zero attached hydrogens (tertiary/aromatic N) is 1. The van der Waals surface area contributed by atoms with Crippen molar-refractivity contribution >= 4 is 16.9 Å². The van der Waals surface area contributed by atoms with Crippen molar-refractivity contribution in [2.24, 2.45) is 0 Å². The quantitative estimate of drug-likeness (QED) is 0.917. The van der Waals surface area contributed by atoms with E-state index in [0.29, 0.717) is 5.69 Å². The zero-order chi connectivity index (χ0) is 14.4. The summed E-state index contributed by atoms with van der Waals surface area (Å²) in [5.74, 6) is -1.20. The van der Waals surface area contributed by atoms with Gasteiger partial charge in [0.25, 0.3) is 0 Å². The molecule has 0 aliphatic carbocycles. The molecule has 102 valence electrons. The van der Waals surface area contributed by atoms with E-state index in [0.717, 1.165) is 10.9 Å². The lowest BCUT2D eigenvalue weighted by molar-refractivity contribution is -0.142. The van der Waals surface area contributed by atoms with Gasteiger partial charge in [-0.2, -0.15) is 0 Å². The SMILES string of the molecule is CC(C)n1c(C(C)(C)C(=O)O)cc2cc(F)ccc21. The molecular weight excluding hydrogens is 245 g/mol. The summed E-state index contributed by atoms with van der Waals surface area (Å²) in [5, 5.41) is 10.1. The Labute approximate surface area is 111 Å². The molecule has 1 heterocycles. The second-order valence-corrected chi connectivity index (χ2v) is 5.63. The molecule has 0 amide bonds. The summed E-state index contributed by atoms with van der Waals surface area (Å²) in [6.07, 6.45) is 0. The van der Waals surface area contributed by atoms with Crippen LogP contribution in [0, 0.1) is 5.82 Å². The standard InChI is InChI=1S/C15H18FNO2/c1-9(2)17-12-6-5-11(16)7-10(12)8-13(17)15(3,4)14(18)19/h5-9H,1-4H3,(H,18,19). The Bertz CT molecular complexity index is 641. The van der Waals surface area contributed by atoms with Gasteiger partial charge in [0, 0.05) is 22.6 Å². The van der Waals surface area contributed by atoms with Gasteiger partial charge in [0.15, 0.2) is 0 Å². The Kier molecular flexibility index (Phi) is 3.12. The van der Waals surface area contributed by atoms with E-state index in [2.05, 4.69) is 0 Å². The number of benzene rings is 1. The highest BCUT2D eigenvalue weighted by Crippen LogP contribution is 2.33. The summed E-state index contributed by atoms with van der Waals surface area (Å²) >= 11 is 0. The molecule has 1 N–H and O–H groups in total. The van der Waals surface area contributed by atoms with E-state index >= 15 is 0 Å². The average Bonchev–Trinajstić information content (AvgIpc) is 2.67. The second kappa shape index (κ2) is 4.37. The van der Waals surface area contributed by atoms with Crippen molar-refractivity contribution in [2.75, 3.05) is 0 Å². The van der Waals surface area contributed by atoms with Gasteiger partial charge in [-0.05, 0) is 52.0 Å². The molecule has 4 heteroatoms. The molecule has 0 spiro atoms. The fraction of sp³-hybridized carbons (Fsp3) is 0.400. The van der Waals surface area contributed by atoms with Crippen molar-refractivity contribution in [2.45, 2.75) is 39.2 Å². The van der Waals surface area contributed by atoms with Gasteiger partial charge in [0.1, 0.15) is 11.2 Å². The second-order valence-electron chi connectivity index (χ2n) is 5.63. The van der Waals surface area contributed by atoms with Crippen LogP contribution in [0.25, 0.3) is 10.9 Å². The van der Waals surface area contributed by atoms with Crippen LogP contribution in [0.15, 0.2) is 24.3 Å². The maximum atomic E-state index is 13.3. The van der Waals surface area contributed by atoms with Crippen molar-refractivity contribution < 1.29 is 14.3 Å². The van der Waals surface area contributed by atoms with Crippen LogP contribution in [-0.2, 0) is 10.2 Å². The minimum Gasteiger partial charge on any atom is -0.481 e. The van der Waals surface area contributed by atoms with Gasteiger partial charge in [0.2, 0.25) is 0 Å². The van der Waals surface area contributed by atoms with Gasteiger partial charge in [-0.1, -0.05) is 0 Å². The van der Waals surface area contributed by atoms with Gasteiger partial charge in [0.05, 0.1) is 0 Å². The van der Waals surface area contributed by atoms with Crippen LogP contribution in [0.2, 0.25) is 0 Å². The van der Waals surface area contributed by atoms with Crippen molar-refractivity contribution in [3.05, 3.63) is 35.8 Å². The Morgan fingerprint density at radius 2 is 1.95 bits per heavy atom. The number of hydrogen-bond donors (Lipinski definition) is 1. The van der Waals surface area contributed by atoms with Crippen molar-refractivity contribution in [3.8, 4) is 0 Å². The number of hydrogen-bond acceptors (Lipinski definition) is 1. The predicted molar refractivity (Wildman–Crippen MR) is 72.9 cm³/mol. The summed E-state index contributed by atoms with van der Waals surface area (Å²) in [4.78, 5) is 11.5. The molecule has 0 atom stereocenters. The minimum absolute atomic E-state index is 0.108. The third kappa shape index (κ3) is 2.11. The fourth-order valence-electron chi connectivity index (χ4n) is 2.35. The number of halogens is 1. The number of aromatic nitrogens is 1. The zero-order valence-electron chi connectivity index (χ0n) is 11.6. The minimum atomic E-state index is -1.01. The maximum absolute atomic E-state index is 13.3. The topological polar surface area (TPSA) is 42.2 Å². The lowest BCUT2D eigenvalue weighted by Crippen LogP contribution is -2.31. The Hall–Kier alpha value is -1.84. The van der Waals surface area contributed by atoms with Gasteiger partial charge in [-0.15, -0.1) is 0 Å². The highest BCUT2D eigenvalue weighted by Gasteiger charge is 2.34. The van der Waals surface area contributed by atoms with Crippen LogP contribution in [0.1, 0.15) is 39.4 Å². The number of aliphatic carboxylic acids is 1. The molecule has 19 heavy (non-hydrogen) atoms. The van der Waals surface area contributed by atoms with E-state index in [4.69, 9.17) is 0 Å². The van der Waals surface area contributed by atoms with Crippen LogP contribution in [0.3, 0.4) is 0 Å². The molecule has 2 aromatic rings. The van der Waals surface area contributed by atoms with Gasteiger partial charge < -0.3 is 9.67 Å². The van der Waals surface area contributed by atoms with Crippen LogP contribution in [0.4, 0.5) is 4.39 Å². The predicted octanol–water partition coefficient (Wildman–Crippen LogP) is 3.72. The lowest BCUT2D eigenvalue weighted by atomic mass is 9.89. The first-order chi connectivity index (χ1) is 8.75. The molecule has 2 rings (SSSR count). The highest BCUT2D eigenvalue weighted by molar-refractivity contribution is 5.86. The van der Waals surface area contributed by atoms with Crippen LogP contribution in [0.5, 0.6) is 0 Å². The van der Waals surface area contributed by atoms with E-state index in [1.54, 1.807) is 26.0 Å². The molecule has 1 aromatic carbocycles. The molecule has 0 unspecified atom stereocenters. The zero-order valence-corrected chi connectivity index (χ0v) is 11.6. The highest BCUT2D eigenvalue weighted by atomic mass is 19.1. The van der Waals surface area contributed by atoms with Crippen molar-refractivity contribution in [1.29, 1.82) is 0 Å². The van der Waals surface area contributed by atoms with E-state index in [9.17, 15) is 14.3 Å². The van der Waals surface area contributed by atoms with E-state index < -0.39 is 11.4 Å². The Balaban J connectivity index is 2.80. The normalized spacial score (nSPS) is 12.3. The summed E-state index contributed by atoms with van der Waals surface area (Å²) in [5.41, 5.74) is 0.538. The van der Waals surface area contributed by atoms with Gasteiger partial charge in [-0.3, -0.25) is 4.79 Å². The first-order valence-electron chi connectivity index (χ1n) is 6.29. The Morgan fingerprint density at radius 3 is 2.47 bits per heavy atom. The molecular formula is C15H18FNO2. The third-order valence-corrected chi connectivity index (χ3v) is 3.49. The number of carbonyl (C=O) groups is 1. The maximum Gasteiger partial charge on any atom is 0.315 e. The summed E-state index contributed by atoms with van der Waals surface area (Å²) < 4.78 is 15.3. The number of carboxylic acid groups (broad SMARTS) is 1. The molecule has 0 aliphatic rings. The van der Waals surface area contributed by atoms with Crippen molar-refractivity contribution in [3.63, 3.8) is 0 Å². The smallest absolute Gasteiger partial charge is 0.315 e. The van der Waals surface area contributed by atoms with Crippen LogP contribution in [-0.4, -0.2) is 15.6 Å². The summed E-state index contributed by atoms with van der Waals surface area (Å²) in [6.45, 7) is 7.31. The first-order valence-corrected chi connectivity index (χ1v) is 6.29. The number of rotatable bonds is 3. The largest absolute Gasteiger partial charge is 0.481 e. The molecule has 0 fully saturated rings. The van der Waals surface area contributed by atoms with E-state index in [1.165, 1.54) is 12.1 Å². The molecule has 0 radical (unpaired) electrons. The Morgan fingerprint density at radius 1 is 1.32 bits per heavy atom. The summed E-state index contributed by atoms with van der Waals surface area (Å²) in [7, 11) is 0. The molecule has 1 aromatic heterocycles. The van der Waals surface area contributed by atoms with E-state index in [-0.39, 0.29) is 11.9 Å². The molecule has 0 bridgehead atoms. The average molecular weight is 263 g/mol. The first kappa shape index (κ1) is 13.6. The fourth-order valence-corrected chi connectivity index (χ4v) is 2.35. The van der Waals surface area contributed by atoms with Crippen LogP contribution < -0.4 is 0 Å². The van der Waals surface area contributed by atoms with Gasteiger partial charge >= 0.3 is 5.97 Å². The number of carboxylic acids is 1. The summed E-state index contributed by atoms with van der Waals surface area (Å²) in [6, 6.07) is 6.42. The third-order valence-electron chi connectivity index (χ3n) is 3.49. The number of fused-ring (bicyclic) bond motifs is 1. The molecule has 0 saturated heterocycles. The molecule has 0 saturated carbocycles. The monoisotopic (exact) mass is 263 g/mol. The van der Waals surface area contributed by atoms with Crippen molar-refractivity contribution in [1.82, 2.24) is 4.57 Å². The lowest BCUT2D eigenvalue weighted by Gasteiger charge is -2.24. The van der Waals surface area contributed by atoms with Gasteiger partial charge in [-0.25, -0.2) is 4.39 Å². The van der Waals surface area contributed by atoms with Crippen LogP contribution >= 0.6 is 0 Å². The molecule has 3 nitrogen and oxygen atoms in total. The van der Waals surface area contributed by atoms with E-state index in [1.807, 2.05) is 18.4 Å². The molecule has 0 aliphatic heterocycles.